The monoisotopic (exact) mass is 447 g/mol. The molecular formula is C18H33NO2SSn. The molecule has 0 bridgehead atoms. The van der Waals surface area contributed by atoms with Crippen LogP contribution in [-0.2, 0) is 10.3 Å². The molecular weight excluding hydrogens is 413 g/mol. The molecule has 0 unspecified atom stereocenters. The summed E-state index contributed by atoms with van der Waals surface area (Å²) in [5.74, 6) is 0. The number of thiazole rings is 1. The van der Waals surface area contributed by atoms with Crippen molar-refractivity contribution in [3.8, 4) is 0 Å². The summed E-state index contributed by atoms with van der Waals surface area (Å²) >= 11 is -0.542. The van der Waals surface area contributed by atoms with Gasteiger partial charge < -0.3 is 0 Å². The molecule has 1 N–H and O–H groups in total. The van der Waals surface area contributed by atoms with Gasteiger partial charge in [-0.25, -0.2) is 0 Å². The number of rotatable bonds is 11. The summed E-state index contributed by atoms with van der Waals surface area (Å²) in [6.45, 7) is 7.76. The van der Waals surface area contributed by atoms with Gasteiger partial charge in [-0.15, -0.1) is 0 Å². The molecule has 0 radical (unpaired) electrons. The molecule has 0 aliphatic carbocycles. The molecule has 1 aromatic heterocycles. The molecule has 1 saturated heterocycles. The first-order valence-corrected chi connectivity index (χ1v) is 17.7. The van der Waals surface area contributed by atoms with Gasteiger partial charge in [-0.3, -0.25) is 0 Å². The van der Waals surface area contributed by atoms with Gasteiger partial charge in [-0.1, -0.05) is 0 Å². The Hall–Kier alpha value is 0.349. The SMILES string of the molecule is CCC[CH2][Sn]([CH2]CCC)([CH2]CCC)[c]1cnc(C2(O)COC2)s1. The van der Waals surface area contributed by atoms with Crippen LogP contribution in [0.3, 0.4) is 0 Å². The Morgan fingerprint density at radius 3 is 2.00 bits per heavy atom. The maximum atomic E-state index is 10.5. The first-order chi connectivity index (χ1) is 11.1. The molecule has 0 spiro atoms. The first kappa shape index (κ1) is 19.7. The Labute approximate surface area is 149 Å². The summed E-state index contributed by atoms with van der Waals surface area (Å²) in [5, 5.41) is 11.4. The van der Waals surface area contributed by atoms with Crippen LogP contribution in [0.4, 0.5) is 0 Å². The average molecular weight is 446 g/mol. The van der Waals surface area contributed by atoms with Crippen molar-refractivity contribution in [3.05, 3.63) is 11.2 Å². The van der Waals surface area contributed by atoms with Crippen molar-refractivity contribution in [2.75, 3.05) is 13.2 Å². The van der Waals surface area contributed by atoms with Crippen LogP contribution in [0.15, 0.2) is 6.20 Å². The molecule has 3 nitrogen and oxygen atoms in total. The van der Waals surface area contributed by atoms with E-state index >= 15 is 0 Å². The number of unbranched alkanes of at least 4 members (excludes halogenated alkanes) is 3. The molecule has 132 valence electrons. The fraction of sp³-hybridized carbons (Fsp3) is 0.833. The van der Waals surface area contributed by atoms with Crippen molar-refractivity contribution in [3.63, 3.8) is 0 Å². The summed E-state index contributed by atoms with van der Waals surface area (Å²) in [6.07, 6.45) is 10.1. The van der Waals surface area contributed by atoms with Crippen LogP contribution in [-0.4, -0.2) is 41.7 Å². The summed E-state index contributed by atoms with van der Waals surface area (Å²) < 4.78 is 11.2. The third kappa shape index (κ3) is 4.71. The van der Waals surface area contributed by atoms with Gasteiger partial charge in [0.1, 0.15) is 0 Å². The predicted octanol–water partition coefficient (Wildman–Crippen LogP) is 4.42. The third-order valence-corrected chi connectivity index (χ3v) is 24.5. The molecule has 2 heterocycles. The molecule has 0 aromatic carbocycles. The van der Waals surface area contributed by atoms with Gasteiger partial charge in [-0.05, 0) is 0 Å². The Kier molecular flexibility index (Phi) is 7.83. The second-order valence-electron chi connectivity index (χ2n) is 7.15. The van der Waals surface area contributed by atoms with E-state index in [4.69, 9.17) is 4.74 Å². The Balaban J connectivity index is 2.25. The van der Waals surface area contributed by atoms with Gasteiger partial charge in [0.15, 0.2) is 0 Å². The number of hydrogen-bond donors (Lipinski definition) is 1. The Morgan fingerprint density at radius 1 is 1.09 bits per heavy atom. The van der Waals surface area contributed by atoms with E-state index in [1.807, 2.05) is 11.3 Å². The minimum atomic E-state index is -2.37. The van der Waals surface area contributed by atoms with E-state index in [-0.39, 0.29) is 0 Å². The van der Waals surface area contributed by atoms with Crippen molar-refractivity contribution < 1.29 is 9.84 Å². The molecule has 5 heteroatoms. The van der Waals surface area contributed by atoms with E-state index in [1.54, 1.807) is 2.89 Å². The van der Waals surface area contributed by atoms with E-state index in [0.29, 0.717) is 13.2 Å². The molecule has 1 aliphatic rings. The maximum absolute atomic E-state index is 10.5. The summed E-state index contributed by atoms with van der Waals surface area (Å²) in [7, 11) is 0. The van der Waals surface area contributed by atoms with Gasteiger partial charge in [0.25, 0.3) is 0 Å². The van der Waals surface area contributed by atoms with E-state index in [1.165, 1.54) is 51.8 Å². The van der Waals surface area contributed by atoms with Gasteiger partial charge in [-0.2, -0.15) is 0 Å². The molecule has 23 heavy (non-hydrogen) atoms. The second kappa shape index (κ2) is 9.16. The van der Waals surface area contributed by atoms with Crippen LogP contribution in [0.5, 0.6) is 0 Å². The van der Waals surface area contributed by atoms with Crippen LogP contribution in [0.25, 0.3) is 0 Å². The second-order valence-corrected chi connectivity index (χ2v) is 22.3. The summed E-state index contributed by atoms with van der Waals surface area (Å²) in [4.78, 5) is 4.64. The number of aromatic nitrogens is 1. The molecule has 0 amide bonds. The van der Waals surface area contributed by atoms with Crippen molar-refractivity contribution in [2.45, 2.75) is 78.2 Å². The van der Waals surface area contributed by atoms with Crippen LogP contribution in [0, 0.1) is 0 Å². The molecule has 0 saturated carbocycles. The summed E-state index contributed by atoms with van der Waals surface area (Å²) in [5.41, 5.74) is -0.791. The van der Waals surface area contributed by atoms with Crippen molar-refractivity contribution >= 4 is 32.6 Å². The van der Waals surface area contributed by atoms with E-state index in [2.05, 4.69) is 32.0 Å². The van der Waals surface area contributed by atoms with E-state index < -0.39 is 24.0 Å². The molecule has 1 aromatic rings. The van der Waals surface area contributed by atoms with Gasteiger partial charge in [0.05, 0.1) is 0 Å². The van der Waals surface area contributed by atoms with Crippen molar-refractivity contribution in [1.82, 2.24) is 4.98 Å². The van der Waals surface area contributed by atoms with E-state index in [9.17, 15) is 5.11 Å². The van der Waals surface area contributed by atoms with Gasteiger partial charge >= 0.3 is 150 Å². The zero-order valence-electron chi connectivity index (χ0n) is 15.1. The zero-order valence-corrected chi connectivity index (χ0v) is 18.7. The Morgan fingerprint density at radius 2 is 1.61 bits per heavy atom. The van der Waals surface area contributed by atoms with Crippen LogP contribution in [0.2, 0.25) is 13.3 Å². The number of ether oxygens (including phenoxy) is 1. The van der Waals surface area contributed by atoms with Crippen LogP contribution >= 0.6 is 11.3 Å². The fourth-order valence-electron chi connectivity index (χ4n) is 3.44. The van der Waals surface area contributed by atoms with Crippen LogP contribution < -0.4 is 2.89 Å². The predicted molar refractivity (Wildman–Crippen MR) is 101 cm³/mol. The third-order valence-electron chi connectivity index (χ3n) is 5.13. The fourth-order valence-corrected chi connectivity index (χ4v) is 23.2. The normalized spacial score (nSPS) is 17.2. The van der Waals surface area contributed by atoms with Crippen molar-refractivity contribution in [2.24, 2.45) is 0 Å². The number of aliphatic hydroxyl groups is 1. The summed E-state index contributed by atoms with van der Waals surface area (Å²) in [6, 6.07) is 0. The first-order valence-electron chi connectivity index (χ1n) is 9.37. The van der Waals surface area contributed by atoms with E-state index in [0.717, 1.165) is 5.01 Å². The standard InChI is InChI=1S/C6H6NO2S.3C4H9.Sn/c8-6(3-9-4-6)5-7-1-2-10-5;3*1-3-4-2;/h1,8H,3-4H2;3*1,3-4H2,2H3;. The molecule has 0 atom stereocenters. The molecule has 1 fully saturated rings. The van der Waals surface area contributed by atoms with Gasteiger partial charge in [0.2, 0.25) is 0 Å². The average Bonchev–Trinajstić information content (AvgIpc) is 3.03. The Bertz CT molecular complexity index is 452. The topological polar surface area (TPSA) is 42.4 Å². The van der Waals surface area contributed by atoms with Gasteiger partial charge in [0, 0.05) is 0 Å². The number of hydrogen-bond acceptors (Lipinski definition) is 4. The van der Waals surface area contributed by atoms with Crippen LogP contribution in [0.1, 0.15) is 64.3 Å². The molecule has 2 rings (SSSR count). The molecule has 1 aliphatic heterocycles. The zero-order chi connectivity index (χ0) is 16.8. The minimum absolute atomic E-state index is 0.418. The van der Waals surface area contributed by atoms with Crippen molar-refractivity contribution in [1.29, 1.82) is 0 Å². The quantitative estimate of drug-likeness (QED) is 0.512. The number of nitrogens with zero attached hydrogens (tertiary/aromatic N) is 1.